The number of thioether (sulfide) groups is 1. The molecule has 0 bridgehead atoms. The monoisotopic (exact) mass is 363 g/mol. The highest BCUT2D eigenvalue weighted by atomic mass is 32.2. The van der Waals surface area contributed by atoms with Gasteiger partial charge >= 0.3 is 0 Å². The minimum absolute atomic E-state index is 0.0187. The Morgan fingerprint density at radius 2 is 1.96 bits per heavy atom. The zero-order chi connectivity index (χ0) is 17.6. The molecule has 1 aromatic carbocycles. The number of piperazine rings is 1. The quantitative estimate of drug-likeness (QED) is 0.766. The lowest BCUT2D eigenvalue weighted by Gasteiger charge is -2.34. The molecule has 25 heavy (non-hydrogen) atoms. The minimum atomic E-state index is -0.626. The van der Waals surface area contributed by atoms with E-state index in [1.165, 1.54) is 12.1 Å². The lowest BCUT2D eigenvalue weighted by atomic mass is 10.2. The Morgan fingerprint density at radius 3 is 2.64 bits per heavy atom. The van der Waals surface area contributed by atoms with Crippen molar-refractivity contribution in [3.63, 3.8) is 0 Å². The molecule has 3 rings (SSSR count). The molecule has 1 saturated heterocycles. The van der Waals surface area contributed by atoms with Crippen molar-refractivity contribution in [2.45, 2.75) is 11.4 Å². The summed E-state index contributed by atoms with van der Waals surface area (Å²) >= 11 is 1.11. The molecule has 0 N–H and O–H groups in total. The fourth-order valence-electron chi connectivity index (χ4n) is 2.73. The van der Waals surface area contributed by atoms with Crippen LogP contribution in [-0.4, -0.2) is 52.6 Å². The molecule has 0 unspecified atom stereocenters. The van der Waals surface area contributed by atoms with Crippen molar-refractivity contribution >= 4 is 17.7 Å². The SMILES string of the molecule is O=C(CSc1ccc(F)cc1F)N1CCN(Cc2cccnc2)CC1. The highest BCUT2D eigenvalue weighted by Crippen LogP contribution is 2.23. The number of pyridine rings is 1. The van der Waals surface area contributed by atoms with E-state index in [1.54, 1.807) is 11.1 Å². The number of hydrogen-bond acceptors (Lipinski definition) is 4. The predicted octanol–water partition coefficient (Wildman–Crippen LogP) is 2.80. The van der Waals surface area contributed by atoms with Crippen molar-refractivity contribution in [2.24, 2.45) is 0 Å². The summed E-state index contributed by atoms with van der Waals surface area (Å²) in [4.78, 5) is 20.8. The van der Waals surface area contributed by atoms with Crippen molar-refractivity contribution in [3.05, 3.63) is 59.9 Å². The van der Waals surface area contributed by atoms with E-state index in [2.05, 4.69) is 9.88 Å². The standard InChI is InChI=1S/C18H19F2N3OS/c19-15-3-4-17(16(20)10-15)25-13-18(24)23-8-6-22(7-9-23)12-14-2-1-5-21-11-14/h1-5,10-11H,6-9,12-13H2. The van der Waals surface area contributed by atoms with Crippen LogP contribution in [-0.2, 0) is 11.3 Å². The summed E-state index contributed by atoms with van der Waals surface area (Å²) in [5.41, 5.74) is 1.16. The number of carbonyl (C=O) groups is 1. The lowest BCUT2D eigenvalue weighted by Crippen LogP contribution is -2.48. The molecule has 0 radical (unpaired) electrons. The maximum Gasteiger partial charge on any atom is 0.233 e. The molecular weight excluding hydrogens is 344 g/mol. The van der Waals surface area contributed by atoms with Crippen LogP contribution in [0.3, 0.4) is 0 Å². The average Bonchev–Trinajstić information content (AvgIpc) is 2.62. The van der Waals surface area contributed by atoms with Gasteiger partial charge in [-0.2, -0.15) is 0 Å². The van der Waals surface area contributed by atoms with Crippen LogP contribution >= 0.6 is 11.8 Å². The van der Waals surface area contributed by atoms with E-state index in [0.29, 0.717) is 18.0 Å². The number of hydrogen-bond donors (Lipinski definition) is 0. The van der Waals surface area contributed by atoms with Crippen LogP contribution in [0, 0.1) is 11.6 Å². The summed E-state index contributed by atoms with van der Waals surface area (Å²) in [5.74, 6) is -1.10. The third-order valence-corrected chi connectivity index (χ3v) is 5.13. The molecule has 4 nitrogen and oxygen atoms in total. The van der Waals surface area contributed by atoms with E-state index in [9.17, 15) is 13.6 Å². The molecule has 1 aromatic heterocycles. The molecule has 0 spiro atoms. The van der Waals surface area contributed by atoms with Gasteiger partial charge in [-0.05, 0) is 23.8 Å². The van der Waals surface area contributed by atoms with Gasteiger partial charge in [-0.15, -0.1) is 11.8 Å². The van der Waals surface area contributed by atoms with Crippen molar-refractivity contribution in [2.75, 3.05) is 31.9 Å². The van der Waals surface area contributed by atoms with Crippen LogP contribution < -0.4 is 0 Å². The molecule has 0 aliphatic carbocycles. The summed E-state index contributed by atoms with van der Waals surface area (Å²) < 4.78 is 26.5. The summed E-state index contributed by atoms with van der Waals surface area (Å²) in [6.45, 7) is 3.74. The zero-order valence-electron chi connectivity index (χ0n) is 13.7. The smallest absolute Gasteiger partial charge is 0.233 e. The van der Waals surface area contributed by atoms with Crippen molar-refractivity contribution in [1.82, 2.24) is 14.8 Å². The molecule has 2 heterocycles. The largest absolute Gasteiger partial charge is 0.339 e. The Balaban J connectivity index is 1.45. The second-order valence-electron chi connectivity index (χ2n) is 5.88. The Morgan fingerprint density at radius 1 is 1.16 bits per heavy atom. The van der Waals surface area contributed by atoms with E-state index >= 15 is 0 Å². The van der Waals surface area contributed by atoms with Gasteiger partial charge in [0.15, 0.2) is 0 Å². The van der Waals surface area contributed by atoms with Crippen LogP contribution in [0.2, 0.25) is 0 Å². The van der Waals surface area contributed by atoms with Gasteiger partial charge in [0.05, 0.1) is 5.75 Å². The molecular formula is C18H19F2N3OS. The molecule has 0 saturated carbocycles. The zero-order valence-corrected chi connectivity index (χ0v) is 14.5. The summed E-state index contributed by atoms with van der Waals surface area (Å²) in [6, 6.07) is 7.37. The van der Waals surface area contributed by atoms with E-state index in [-0.39, 0.29) is 11.7 Å². The van der Waals surface area contributed by atoms with E-state index < -0.39 is 11.6 Å². The van der Waals surface area contributed by atoms with Crippen LogP contribution in [0.25, 0.3) is 0 Å². The van der Waals surface area contributed by atoms with Crippen LogP contribution in [0.5, 0.6) is 0 Å². The third kappa shape index (κ3) is 4.99. The topological polar surface area (TPSA) is 36.4 Å². The van der Waals surface area contributed by atoms with E-state index in [4.69, 9.17) is 0 Å². The number of amides is 1. The first-order valence-corrected chi connectivity index (χ1v) is 9.07. The normalized spacial score (nSPS) is 15.4. The molecule has 132 valence electrons. The van der Waals surface area contributed by atoms with Crippen molar-refractivity contribution in [1.29, 1.82) is 0 Å². The summed E-state index contributed by atoms with van der Waals surface area (Å²) in [6.07, 6.45) is 3.60. The van der Waals surface area contributed by atoms with Gasteiger partial charge in [-0.1, -0.05) is 6.07 Å². The predicted molar refractivity (Wildman–Crippen MR) is 93.2 cm³/mol. The molecule has 7 heteroatoms. The Bertz CT molecular complexity index is 722. The highest BCUT2D eigenvalue weighted by Gasteiger charge is 2.21. The van der Waals surface area contributed by atoms with Crippen molar-refractivity contribution < 1.29 is 13.6 Å². The minimum Gasteiger partial charge on any atom is -0.339 e. The first kappa shape index (κ1) is 17.8. The van der Waals surface area contributed by atoms with Crippen LogP contribution in [0.15, 0.2) is 47.6 Å². The van der Waals surface area contributed by atoms with Crippen LogP contribution in [0.1, 0.15) is 5.56 Å². The van der Waals surface area contributed by atoms with Gasteiger partial charge in [0.1, 0.15) is 11.6 Å². The molecule has 1 fully saturated rings. The van der Waals surface area contributed by atoms with Gasteiger partial charge in [0.2, 0.25) is 5.91 Å². The average molecular weight is 363 g/mol. The number of benzene rings is 1. The number of aromatic nitrogens is 1. The fraction of sp³-hybridized carbons (Fsp3) is 0.333. The lowest BCUT2D eigenvalue weighted by molar-refractivity contribution is -0.130. The third-order valence-electron chi connectivity index (χ3n) is 4.10. The Hall–Kier alpha value is -1.99. The second kappa shape index (κ2) is 8.40. The van der Waals surface area contributed by atoms with Gasteiger partial charge in [0, 0.05) is 56.1 Å². The molecule has 1 aliphatic rings. The number of halogens is 2. The second-order valence-corrected chi connectivity index (χ2v) is 6.90. The van der Waals surface area contributed by atoms with Gasteiger partial charge in [0.25, 0.3) is 0 Å². The molecule has 1 amide bonds. The van der Waals surface area contributed by atoms with Crippen LogP contribution in [0.4, 0.5) is 8.78 Å². The summed E-state index contributed by atoms with van der Waals surface area (Å²) in [7, 11) is 0. The highest BCUT2D eigenvalue weighted by molar-refractivity contribution is 8.00. The summed E-state index contributed by atoms with van der Waals surface area (Å²) in [5, 5.41) is 0. The number of carbonyl (C=O) groups excluding carboxylic acids is 1. The van der Waals surface area contributed by atoms with Crippen molar-refractivity contribution in [3.8, 4) is 0 Å². The van der Waals surface area contributed by atoms with E-state index in [0.717, 1.165) is 43.0 Å². The molecule has 0 atom stereocenters. The maximum absolute atomic E-state index is 13.6. The maximum atomic E-state index is 13.6. The molecule has 1 aliphatic heterocycles. The van der Waals surface area contributed by atoms with Gasteiger partial charge < -0.3 is 4.90 Å². The van der Waals surface area contributed by atoms with E-state index in [1.807, 2.05) is 18.3 Å². The molecule has 2 aromatic rings. The van der Waals surface area contributed by atoms with Gasteiger partial charge in [-0.25, -0.2) is 8.78 Å². The Kier molecular flexibility index (Phi) is 5.99. The first-order chi connectivity index (χ1) is 12.1. The van der Waals surface area contributed by atoms with Gasteiger partial charge in [-0.3, -0.25) is 14.7 Å². The Labute approximate surface area is 149 Å². The first-order valence-electron chi connectivity index (χ1n) is 8.09. The number of rotatable bonds is 5. The fourth-order valence-corrected chi connectivity index (χ4v) is 3.55. The number of nitrogens with zero attached hydrogens (tertiary/aromatic N) is 3.